The van der Waals surface area contributed by atoms with Gasteiger partial charge in [0.25, 0.3) is 0 Å². The van der Waals surface area contributed by atoms with E-state index in [0.29, 0.717) is 6.61 Å². The van der Waals surface area contributed by atoms with Crippen LogP contribution in [-0.4, -0.2) is 31.8 Å². The van der Waals surface area contributed by atoms with Crippen molar-refractivity contribution in [3.05, 3.63) is 0 Å². The predicted octanol–water partition coefficient (Wildman–Crippen LogP) is 0.938. The molecule has 0 saturated heterocycles. The van der Waals surface area contributed by atoms with E-state index in [-0.39, 0.29) is 17.5 Å². The van der Waals surface area contributed by atoms with E-state index in [1.807, 2.05) is 20.8 Å². The van der Waals surface area contributed by atoms with Crippen molar-refractivity contribution >= 4 is 5.97 Å². The van der Waals surface area contributed by atoms with Crippen LogP contribution in [0.5, 0.6) is 0 Å². The van der Waals surface area contributed by atoms with E-state index < -0.39 is 6.04 Å². The van der Waals surface area contributed by atoms with Gasteiger partial charge >= 0.3 is 5.97 Å². The number of hydrogen-bond acceptors (Lipinski definition) is 4. The molecule has 0 aliphatic heterocycles. The average molecular weight is 203 g/mol. The molecule has 4 nitrogen and oxygen atoms in total. The standard InChI is InChI=1S/C10H21NO3/c1-7(6-13-5)14-9(12)8(11)10(2,3)4/h7-8H,6,11H2,1-5H3/t7?,8-/m1/s1. The van der Waals surface area contributed by atoms with Gasteiger partial charge in [-0.1, -0.05) is 20.8 Å². The summed E-state index contributed by atoms with van der Waals surface area (Å²) in [6.07, 6.45) is -0.249. The van der Waals surface area contributed by atoms with Gasteiger partial charge in [0.1, 0.15) is 12.1 Å². The molecule has 2 atom stereocenters. The Labute approximate surface area is 85.8 Å². The van der Waals surface area contributed by atoms with Gasteiger partial charge in [-0.05, 0) is 12.3 Å². The van der Waals surface area contributed by atoms with Gasteiger partial charge < -0.3 is 15.2 Å². The number of hydrogen-bond donors (Lipinski definition) is 1. The molecule has 2 N–H and O–H groups in total. The zero-order valence-electron chi connectivity index (χ0n) is 9.66. The monoisotopic (exact) mass is 203 g/mol. The van der Waals surface area contributed by atoms with Crippen LogP contribution < -0.4 is 5.73 Å². The van der Waals surface area contributed by atoms with E-state index in [0.717, 1.165) is 0 Å². The minimum atomic E-state index is -0.596. The molecule has 0 saturated carbocycles. The first-order valence-corrected chi connectivity index (χ1v) is 4.74. The van der Waals surface area contributed by atoms with Crippen LogP contribution in [0.4, 0.5) is 0 Å². The molecule has 14 heavy (non-hydrogen) atoms. The van der Waals surface area contributed by atoms with E-state index in [1.54, 1.807) is 14.0 Å². The molecule has 0 aromatic rings. The Morgan fingerprint density at radius 3 is 2.29 bits per heavy atom. The molecule has 0 rings (SSSR count). The molecule has 0 bridgehead atoms. The van der Waals surface area contributed by atoms with Gasteiger partial charge in [0.15, 0.2) is 0 Å². The number of carbonyl (C=O) groups is 1. The second-order valence-electron chi connectivity index (χ2n) is 4.55. The van der Waals surface area contributed by atoms with Crippen molar-refractivity contribution in [2.24, 2.45) is 11.1 Å². The number of ether oxygens (including phenoxy) is 2. The molecule has 0 aliphatic carbocycles. The molecule has 0 spiro atoms. The van der Waals surface area contributed by atoms with Crippen molar-refractivity contribution in [2.45, 2.75) is 39.8 Å². The lowest BCUT2D eigenvalue weighted by Gasteiger charge is -2.26. The van der Waals surface area contributed by atoms with Crippen LogP contribution in [0.15, 0.2) is 0 Å². The Hall–Kier alpha value is -0.610. The van der Waals surface area contributed by atoms with Crippen molar-refractivity contribution < 1.29 is 14.3 Å². The number of methoxy groups -OCH3 is 1. The molecule has 0 aliphatic rings. The number of rotatable bonds is 4. The normalized spacial score (nSPS) is 16.1. The van der Waals surface area contributed by atoms with E-state index >= 15 is 0 Å². The SMILES string of the molecule is COCC(C)OC(=O)[C@@H](N)C(C)(C)C. The van der Waals surface area contributed by atoms with Gasteiger partial charge in [-0.3, -0.25) is 4.79 Å². The summed E-state index contributed by atoms with van der Waals surface area (Å²) in [6, 6.07) is -0.596. The summed E-state index contributed by atoms with van der Waals surface area (Å²) in [7, 11) is 1.56. The Kier molecular flexibility index (Phi) is 5.08. The lowest BCUT2D eigenvalue weighted by Crippen LogP contribution is -2.44. The highest BCUT2D eigenvalue weighted by Crippen LogP contribution is 2.18. The van der Waals surface area contributed by atoms with Crippen molar-refractivity contribution in [2.75, 3.05) is 13.7 Å². The highest BCUT2D eigenvalue weighted by atomic mass is 16.6. The van der Waals surface area contributed by atoms with Gasteiger partial charge in [0, 0.05) is 7.11 Å². The third-order valence-electron chi connectivity index (χ3n) is 1.91. The van der Waals surface area contributed by atoms with Crippen LogP contribution >= 0.6 is 0 Å². The fourth-order valence-electron chi connectivity index (χ4n) is 0.894. The summed E-state index contributed by atoms with van der Waals surface area (Å²) >= 11 is 0. The molecule has 84 valence electrons. The van der Waals surface area contributed by atoms with Gasteiger partial charge in [-0.15, -0.1) is 0 Å². The van der Waals surface area contributed by atoms with Crippen LogP contribution in [0, 0.1) is 5.41 Å². The number of esters is 1. The van der Waals surface area contributed by atoms with Crippen LogP contribution in [0.2, 0.25) is 0 Å². The van der Waals surface area contributed by atoms with Gasteiger partial charge in [-0.25, -0.2) is 0 Å². The second kappa shape index (κ2) is 5.32. The first-order valence-electron chi connectivity index (χ1n) is 4.74. The zero-order chi connectivity index (χ0) is 11.4. The van der Waals surface area contributed by atoms with Crippen molar-refractivity contribution in [3.63, 3.8) is 0 Å². The van der Waals surface area contributed by atoms with E-state index in [4.69, 9.17) is 15.2 Å². The maximum atomic E-state index is 11.5. The molecule has 1 unspecified atom stereocenters. The Morgan fingerprint density at radius 2 is 1.93 bits per heavy atom. The highest BCUT2D eigenvalue weighted by molar-refractivity contribution is 5.76. The van der Waals surface area contributed by atoms with Crippen molar-refractivity contribution in [3.8, 4) is 0 Å². The van der Waals surface area contributed by atoms with E-state index in [9.17, 15) is 4.79 Å². The summed E-state index contributed by atoms with van der Waals surface area (Å²) in [5.41, 5.74) is 5.45. The largest absolute Gasteiger partial charge is 0.459 e. The third kappa shape index (κ3) is 4.58. The molecule has 0 aromatic heterocycles. The van der Waals surface area contributed by atoms with E-state index in [2.05, 4.69) is 0 Å². The van der Waals surface area contributed by atoms with Gasteiger partial charge in [-0.2, -0.15) is 0 Å². The summed E-state index contributed by atoms with van der Waals surface area (Å²) in [6.45, 7) is 7.87. The molecule has 0 fully saturated rings. The molecular weight excluding hydrogens is 182 g/mol. The van der Waals surface area contributed by atoms with E-state index in [1.165, 1.54) is 0 Å². The maximum absolute atomic E-state index is 11.5. The average Bonchev–Trinajstić information content (AvgIpc) is 2.01. The second-order valence-corrected chi connectivity index (χ2v) is 4.55. The van der Waals surface area contributed by atoms with Gasteiger partial charge in [0.2, 0.25) is 0 Å². The van der Waals surface area contributed by atoms with Crippen molar-refractivity contribution in [1.29, 1.82) is 0 Å². The van der Waals surface area contributed by atoms with Gasteiger partial charge in [0.05, 0.1) is 6.61 Å². The lowest BCUT2D eigenvalue weighted by molar-refractivity contribution is -0.154. The molecule has 4 heteroatoms. The highest BCUT2D eigenvalue weighted by Gasteiger charge is 2.29. The maximum Gasteiger partial charge on any atom is 0.323 e. The summed E-state index contributed by atoms with van der Waals surface area (Å²) < 4.78 is 9.94. The molecular formula is C10H21NO3. The predicted molar refractivity (Wildman–Crippen MR) is 54.9 cm³/mol. The molecule has 0 radical (unpaired) electrons. The zero-order valence-corrected chi connectivity index (χ0v) is 9.66. The quantitative estimate of drug-likeness (QED) is 0.691. The number of carbonyl (C=O) groups excluding carboxylic acids is 1. The van der Waals surface area contributed by atoms with Crippen LogP contribution in [0.1, 0.15) is 27.7 Å². The topological polar surface area (TPSA) is 61.5 Å². The summed E-state index contributed by atoms with van der Waals surface area (Å²) in [4.78, 5) is 11.5. The lowest BCUT2D eigenvalue weighted by atomic mass is 9.87. The number of nitrogens with two attached hydrogens (primary N) is 1. The fraction of sp³-hybridized carbons (Fsp3) is 0.900. The Balaban J connectivity index is 4.08. The van der Waals surface area contributed by atoms with Crippen LogP contribution in [0.3, 0.4) is 0 Å². The van der Waals surface area contributed by atoms with Crippen LogP contribution in [0.25, 0.3) is 0 Å². The Morgan fingerprint density at radius 1 is 1.43 bits per heavy atom. The molecule has 0 aromatic carbocycles. The first-order chi connectivity index (χ1) is 6.29. The minimum Gasteiger partial charge on any atom is -0.459 e. The smallest absolute Gasteiger partial charge is 0.323 e. The van der Waals surface area contributed by atoms with Crippen molar-refractivity contribution in [1.82, 2.24) is 0 Å². The minimum absolute atomic E-state index is 0.249. The molecule has 0 amide bonds. The fourth-order valence-corrected chi connectivity index (χ4v) is 0.894. The first kappa shape index (κ1) is 13.4. The Bertz CT molecular complexity index is 186. The molecule has 0 heterocycles. The van der Waals surface area contributed by atoms with Crippen LogP contribution in [-0.2, 0) is 14.3 Å². The third-order valence-corrected chi connectivity index (χ3v) is 1.91. The summed E-state index contributed by atoms with van der Waals surface area (Å²) in [5.74, 6) is -0.373. The summed E-state index contributed by atoms with van der Waals surface area (Å²) in [5, 5.41) is 0.